The van der Waals surface area contributed by atoms with Gasteiger partial charge in [0.2, 0.25) is 0 Å². The number of hydrogen-bond acceptors (Lipinski definition) is 3. The van der Waals surface area contributed by atoms with Crippen LogP contribution in [0.2, 0.25) is 0 Å². The minimum Gasteiger partial charge on any atom is -0.391 e. The van der Waals surface area contributed by atoms with E-state index in [0.29, 0.717) is 12.3 Å². The number of carbonyl (C=O) groups excluding carboxylic acids is 1. The fourth-order valence-corrected chi connectivity index (χ4v) is 2.07. The lowest BCUT2D eigenvalue weighted by Gasteiger charge is -2.12. The predicted octanol–water partition coefficient (Wildman–Crippen LogP) is 3.80. The summed E-state index contributed by atoms with van der Waals surface area (Å²) in [7, 11) is 0. The van der Waals surface area contributed by atoms with Crippen LogP contribution in [0, 0.1) is 5.92 Å². The summed E-state index contributed by atoms with van der Waals surface area (Å²) in [6, 6.07) is 0. The lowest BCUT2D eigenvalue weighted by Crippen LogP contribution is -2.04. The smallest absolute Gasteiger partial charge is 0.317 e. The van der Waals surface area contributed by atoms with Crippen LogP contribution >= 0.6 is 12.0 Å². The van der Waals surface area contributed by atoms with Crippen molar-refractivity contribution in [3.63, 3.8) is 0 Å². The topological polar surface area (TPSA) is 26.3 Å². The Hall–Kier alpha value is -0.180. The van der Waals surface area contributed by atoms with Crippen LogP contribution in [0.5, 0.6) is 0 Å². The van der Waals surface area contributed by atoms with Gasteiger partial charge in [0.1, 0.15) is 0 Å². The van der Waals surface area contributed by atoms with Gasteiger partial charge in [-0.15, -0.1) is 0 Å². The Labute approximate surface area is 92.0 Å². The van der Waals surface area contributed by atoms with Crippen LogP contribution < -0.4 is 0 Å². The lowest BCUT2D eigenvalue weighted by atomic mass is 10.0. The largest absolute Gasteiger partial charge is 0.391 e. The second kappa shape index (κ2) is 9.38. The average molecular weight is 218 g/mol. The molecule has 0 aromatic rings. The van der Waals surface area contributed by atoms with E-state index in [0.717, 1.165) is 5.75 Å². The molecule has 0 saturated carbocycles. The summed E-state index contributed by atoms with van der Waals surface area (Å²) in [5.74, 6) is 1.53. The molecule has 0 aliphatic heterocycles. The minimum absolute atomic E-state index is 0.111. The molecule has 1 unspecified atom stereocenters. The zero-order valence-corrected chi connectivity index (χ0v) is 10.4. The van der Waals surface area contributed by atoms with Crippen molar-refractivity contribution in [2.24, 2.45) is 5.92 Å². The Morgan fingerprint density at radius 1 is 1.36 bits per heavy atom. The van der Waals surface area contributed by atoms with Gasteiger partial charge in [0, 0.05) is 12.2 Å². The summed E-state index contributed by atoms with van der Waals surface area (Å²) >= 11 is 1.32. The molecule has 0 spiro atoms. The highest BCUT2D eigenvalue weighted by molar-refractivity contribution is 7.95. The molecular formula is C11H22O2S. The average Bonchev–Trinajstić information content (AvgIpc) is 2.22. The van der Waals surface area contributed by atoms with Crippen LogP contribution in [0.1, 0.15) is 52.9 Å². The Morgan fingerprint density at radius 3 is 2.57 bits per heavy atom. The van der Waals surface area contributed by atoms with Crippen molar-refractivity contribution in [2.45, 2.75) is 52.9 Å². The quantitative estimate of drug-likeness (QED) is 0.580. The molecule has 0 N–H and O–H groups in total. The summed E-state index contributed by atoms with van der Waals surface area (Å²) in [5, 5.41) is 0. The number of hydrogen-bond donors (Lipinski definition) is 0. The highest BCUT2D eigenvalue weighted by Crippen LogP contribution is 2.19. The van der Waals surface area contributed by atoms with Gasteiger partial charge in [-0.05, 0) is 12.3 Å². The van der Waals surface area contributed by atoms with Crippen LogP contribution in [-0.2, 0) is 8.98 Å². The molecule has 0 aromatic heterocycles. The summed E-state index contributed by atoms with van der Waals surface area (Å²) in [5.41, 5.74) is 0. The van der Waals surface area contributed by atoms with Gasteiger partial charge >= 0.3 is 5.97 Å². The van der Waals surface area contributed by atoms with E-state index in [1.54, 1.807) is 0 Å². The van der Waals surface area contributed by atoms with Crippen molar-refractivity contribution >= 4 is 18.0 Å². The SMILES string of the molecule is CCCCC(CC)CSOC(=O)CC. The molecule has 0 aliphatic rings. The minimum atomic E-state index is -0.111. The van der Waals surface area contributed by atoms with Crippen LogP contribution in [0.3, 0.4) is 0 Å². The monoisotopic (exact) mass is 218 g/mol. The van der Waals surface area contributed by atoms with E-state index in [1.165, 1.54) is 37.7 Å². The summed E-state index contributed by atoms with van der Waals surface area (Å²) in [4.78, 5) is 10.9. The van der Waals surface area contributed by atoms with E-state index in [-0.39, 0.29) is 5.97 Å². The van der Waals surface area contributed by atoms with Crippen molar-refractivity contribution < 1.29 is 8.98 Å². The molecule has 2 nitrogen and oxygen atoms in total. The number of rotatable bonds is 8. The molecule has 0 radical (unpaired) electrons. The standard InChI is InChI=1S/C11H22O2S/c1-4-7-8-10(5-2)9-14-13-11(12)6-3/h10H,4-9H2,1-3H3. The maximum atomic E-state index is 10.9. The molecule has 0 saturated heterocycles. The molecule has 3 heteroatoms. The van der Waals surface area contributed by atoms with Crippen LogP contribution in [0.15, 0.2) is 0 Å². The molecule has 0 fully saturated rings. The maximum Gasteiger partial charge on any atom is 0.317 e. The number of unbranched alkanes of at least 4 members (excludes halogenated alkanes) is 1. The summed E-state index contributed by atoms with van der Waals surface area (Å²) < 4.78 is 4.98. The molecule has 0 bridgehead atoms. The summed E-state index contributed by atoms with van der Waals surface area (Å²) in [6.45, 7) is 6.22. The van der Waals surface area contributed by atoms with Gasteiger partial charge in [0.05, 0.1) is 12.0 Å². The fourth-order valence-electron chi connectivity index (χ4n) is 1.15. The number of carbonyl (C=O) groups is 1. The maximum absolute atomic E-state index is 10.9. The van der Waals surface area contributed by atoms with E-state index in [2.05, 4.69) is 13.8 Å². The van der Waals surface area contributed by atoms with Gasteiger partial charge in [-0.3, -0.25) is 4.79 Å². The Morgan fingerprint density at radius 2 is 2.07 bits per heavy atom. The van der Waals surface area contributed by atoms with Crippen molar-refractivity contribution in [2.75, 3.05) is 5.75 Å². The first-order valence-corrected chi connectivity index (χ1v) is 6.47. The molecule has 0 heterocycles. The molecule has 14 heavy (non-hydrogen) atoms. The molecular weight excluding hydrogens is 196 g/mol. The van der Waals surface area contributed by atoms with Crippen molar-refractivity contribution in [3.05, 3.63) is 0 Å². The third-order valence-electron chi connectivity index (χ3n) is 2.29. The van der Waals surface area contributed by atoms with Crippen LogP contribution in [0.4, 0.5) is 0 Å². The van der Waals surface area contributed by atoms with E-state index in [1.807, 2.05) is 6.92 Å². The third kappa shape index (κ3) is 7.25. The molecule has 84 valence electrons. The second-order valence-corrected chi connectivity index (χ2v) is 4.25. The lowest BCUT2D eigenvalue weighted by molar-refractivity contribution is -0.132. The molecule has 1 atom stereocenters. The predicted molar refractivity (Wildman–Crippen MR) is 62.1 cm³/mol. The van der Waals surface area contributed by atoms with Crippen molar-refractivity contribution in [3.8, 4) is 0 Å². The Balaban J connectivity index is 3.46. The highest BCUT2D eigenvalue weighted by Gasteiger charge is 2.08. The van der Waals surface area contributed by atoms with E-state index in [4.69, 9.17) is 4.18 Å². The fraction of sp³-hybridized carbons (Fsp3) is 0.909. The van der Waals surface area contributed by atoms with Crippen LogP contribution in [-0.4, -0.2) is 11.7 Å². The molecule has 0 aliphatic carbocycles. The van der Waals surface area contributed by atoms with Gasteiger partial charge in [-0.1, -0.05) is 40.0 Å². The Kier molecular flexibility index (Phi) is 9.26. The van der Waals surface area contributed by atoms with Gasteiger partial charge in [0.15, 0.2) is 0 Å². The first kappa shape index (κ1) is 13.8. The molecule has 0 rings (SSSR count). The van der Waals surface area contributed by atoms with E-state index in [9.17, 15) is 4.79 Å². The van der Waals surface area contributed by atoms with E-state index < -0.39 is 0 Å². The van der Waals surface area contributed by atoms with Gasteiger partial charge in [-0.2, -0.15) is 0 Å². The van der Waals surface area contributed by atoms with E-state index >= 15 is 0 Å². The zero-order valence-electron chi connectivity index (χ0n) is 9.54. The molecule has 0 amide bonds. The molecule has 0 aromatic carbocycles. The Bertz CT molecular complexity index is 148. The van der Waals surface area contributed by atoms with Gasteiger partial charge in [-0.25, -0.2) is 0 Å². The van der Waals surface area contributed by atoms with Gasteiger partial charge < -0.3 is 4.18 Å². The van der Waals surface area contributed by atoms with Crippen LogP contribution in [0.25, 0.3) is 0 Å². The second-order valence-electron chi connectivity index (χ2n) is 3.51. The van der Waals surface area contributed by atoms with Gasteiger partial charge in [0.25, 0.3) is 0 Å². The van der Waals surface area contributed by atoms with Crippen molar-refractivity contribution in [1.29, 1.82) is 0 Å². The normalized spacial score (nSPS) is 12.5. The summed E-state index contributed by atoms with van der Waals surface area (Å²) in [6.07, 6.45) is 5.43. The zero-order chi connectivity index (χ0) is 10.8. The van der Waals surface area contributed by atoms with Crippen molar-refractivity contribution in [1.82, 2.24) is 0 Å². The first-order chi connectivity index (χ1) is 6.74. The highest BCUT2D eigenvalue weighted by atomic mass is 32.2. The third-order valence-corrected chi connectivity index (χ3v) is 3.20. The first-order valence-electron chi connectivity index (χ1n) is 5.56.